The Balaban J connectivity index is 0.00000225. The minimum atomic E-state index is 0. The molecule has 0 aliphatic carbocycles. The van der Waals surface area contributed by atoms with Crippen LogP contribution in [-0.2, 0) is 4.79 Å². The van der Waals surface area contributed by atoms with Gasteiger partial charge in [0.1, 0.15) is 5.76 Å². The smallest absolute Gasteiger partial charge is 0.226 e. The van der Waals surface area contributed by atoms with Crippen molar-refractivity contribution in [3.63, 3.8) is 0 Å². The number of oxazole rings is 1. The van der Waals surface area contributed by atoms with Crippen molar-refractivity contribution in [2.45, 2.75) is 39.0 Å². The molecule has 25 heavy (non-hydrogen) atoms. The molecule has 3 rings (SSSR count). The number of carbonyl (C=O) groups excluding carboxylic acids is 1. The van der Waals surface area contributed by atoms with E-state index in [2.05, 4.69) is 29.5 Å². The number of hydrogen-bond donors (Lipinski definition) is 2. The van der Waals surface area contributed by atoms with E-state index < -0.39 is 0 Å². The molecule has 6 heteroatoms. The maximum Gasteiger partial charge on any atom is 0.226 e. The van der Waals surface area contributed by atoms with Crippen LogP contribution in [0.1, 0.15) is 44.8 Å². The molecule has 0 spiro atoms. The van der Waals surface area contributed by atoms with E-state index in [1.807, 2.05) is 24.3 Å². The summed E-state index contributed by atoms with van der Waals surface area (Å²) in [6.45, 7) is 6.26. The van der Waals surface area contributed by atoms with Crippen LogP contribution in [0.25, 0.3) is 11.5 Å². The molecule has 1 atom stereocenters. The lowest BCUT2D eigenvalue weighted by atomic mass is 10.0. The minimum Gasteiger partial charge on any atom is -0.441 e. The van der Waals surface area contributed by atoms with Crippen LogP contribution in [0.2, 0.25) is 0 Å². The highest BCUT2D eigenvalue weighted by molar-refractivity contribution is 5.90. The predicted octanol–water partition coefficient (Wildman–Crippen LogP) is 4.22. The van der Waals surface area contributed by atoms with Gasteiger partial charge in [-0.15, -0.1) is 12.4 Å². The van der Waals surface area contributed by atoms with E-state index in [4.69, 9.17) is 4.42 Å². The molecule has 1 aromatic carbocycles. The van der Waals surface area contributed by atoms with E-state index in [0.717, 1.165) is 36.5 Å². The molecular weight excluding hydrogens is 338 g/mol. The van der Waals surface area contributed by atoms with Gasteiger partial charge in [-0.1, -0.05) is 13.8 Å². The molecule has 1 aromatic heterocycles. The molecule has 0 saturated carbocycles. The highest BCUT2D eigenvalue weighted by atomic mass is 35.5. The van der Waals surface area contributed by atoms with E-state index in [9.17, 15) is 4.79 Å². The normalized spacial score (nSPS) is 16.7. The molecule has 1 aliphatic heterocycles. The Morgan fingerprint density at radius 2 is 2.12 bits per heavy atom. The third-order valence-electron chi connectivity index (χ3n) is 4.45. The topological polar surface area (TPSA) is 67.2 Å². The van der Waals surface area contributed by atoms with Gasteiger partial charge in [0.2, 0.25) is 11.8 Å². The molecule has 136 valence electrons. The van der Waals surface area contributed by atoms with Crippen molar-refractivity contribution in [2.75, 3.05) is 18.4 Å². The first-order chi connectivity index (χ1) is 11.6. The summed E-state index contributed by atoms with van der Waals surface area (Å²) in [4.78, 5) is 16.4. The number of nitrogens with one attached hydrogen (secondary N) is 2. The molecule has 1 aliphatic rings. The molecular formula is C19H26ClN3O2. The van der Waals surface area contributed by atoms with E-state index in [1.165, 1.54) is 6.42 Å². The zero-order valence-corrected chi connectivity index (χ0v) is 15.6. The largest absolute Gasteiger partial charge is 0.441 e. The minimum absolute atomic E-state index is 0. The van der Waals surface area contributed by atoms with Crippen molar-refractivity contribution >= 4 is 24.0 Å². The van der Waals surface area contributed by atoms with Gasteiger partial charge in [-0.05, 0) is 56.1 Å². The lowest BCUT2D eigenvalue weighted by Crippen LogP contribution is -2.14. The molecule has 1 amide bonds. The average molecular weight is 364 g/mol. The van der Waals surface area contributed by atoms with Crippen LogP contribution < -0.4 is 10.6 Å². The van der Waals surface area contributed by atoms with Gasteiger partial charge in [0.05, 0.1) is 6.20 Å². The molecule has 2 heterocycles. The Labute approximate surface area is 155 Å². The number of benzene rings is 1. The lowest BCUT2D eigenvalue weighted by molar-refractivity contribution is -0.116. The van der Waals surface area contributed by atoms with Crippen LogP contribution >= 0.6 is 12.4 Å². The van der Waals surface area contributed by atoms with Crippen molar-refractivity contribution in [3.8, 4) is 11.5 Å². The van der Waals surface area contributed by atoms with Crippen molar-refractivity contribution in [1.82, 2.24) is 10.3 Å². The second-order valence-corrected chi connectivity index (χ2v) is 6.75. The van der Waals surface area contributed by atoms with E-state index >= 15 is 0 Å². The molecule has 0 radical (unpaired) electrons. The Bertz CT molecular complexity index is 676. The zero-order valence-electron chi connectivity index (χ0n) is 14.7. The fourth-order valence-corrected chi connectivity index (χ4v) is 2.90. The second-order valence-electron chi connectivity index (χ2n) is 6.75. The maximum atomic E-state index is 12.0. The quantitative estimate of drug-likeness (QED) is 0.806. The first-order valence-electron chi connectivity index (χ1n) is 8.68. The summed E-state index contributed by atoms with van der Waals surface area (Å²) < 4.78 is 5.74. The Kier molecular flexibility index (Phi) is 7.02. The summed E-state index contributed by atoms with van der Waals surface area (Å²) in [6, 6.07) is 7.63. The molecule has 2 N–H and O–H groups in total. The first kappa shape index (κ1) is 19.5. The number of anilines is 1. The number of aromatic nitrogens is 1. The Morgan fingerprint density at radius 1 is 1.36 bits per heavy atom. The monoisotopic (exact) mass is 363 g/mol. The van der Waals surface area contributed by atoms with Gasteiger partial charge in [-0.3, -0.25) is 4.79 Å². The SMILES string of the molecule is CC(C)c1cnc(-c2ccc(NC(=O)CCC3CCNC3)cc2)o1.Cl. The summed E-state index contributed by atoms with van der Waals surface area (Å²) >= 11 is 0. The third-order valence-corrected chi connectivity index (χ3v) is 4.45. The van der Waals surface area contributed by atoms with Crippen LogP contribution in [0.3, 0.4) is 0 Å². The Hall–Kier alpha value is -1.85. The maximum absolute atomic E-state index is 12.0. The lowest BCUT2D eigenvalue weighted by Gasteiger charge is -2.09. The number of nitrogens with zero attached hydrogens (tertiary/aromatic N) is 1. The van der Waals surface area contributed by atoms with E-state index in [0.29, 0.717) is 24.1 Å². The van der Waals surface area contributed by atoms with Gasteiger partial charge in [0.25, 0.3) is 0 Å². The van der Waals surface area contributed by atoms with Gasteiger partial charge in [-0.25, -0.2) is 4.98 Å². The first-order valence-corrected chi connectivity index (χ1v) is 8.68. The Morgan fingerprint density at radius 3 is 2.72 bits per heavy atom. The molecule has 1 unspecified atom stereocenters. The predicted molar refractivity (Wildman–Crippen MR) is 102 cm³/mol. The average Bonchev–Trinajstić information content (AvgIpc) is 3.25. The van der Waals surface area contributed by atoms with Crippen molar-refractivity contribution in [1.29, 1.82) is 0 Å². The molecule has 1 saturated heterocycles. The summed E-state index contributed by atoms with van der Waals surface area (Å²) in [6.07, 6.45) is 4.47. The zero-order chi connectivity index (χ0) is 16.9. The van der Waals surface area contributed by atoms with Gasteiger partial charge >= 0.3 is 0 Å². The summed E-state index contributed by atoms with van der Waals surface area (Å²) in [7, 11) is 0. The van der Waals surface area contributed by atoms with Gasteiger partial charge in [0.15, 0.2) is 0 Å². The van der Waals surface area contributed by atoms with E-state index in [-0.39, 0.29) is 18.3 Å². The highest BCUT2D eigenvalue weighted by Gasteiger charge is 2.16. The van der Waals surface area contributed by atoms with Gasteiger partial charge in [-0.2, -0.15) is 0 Å². The van der Waals surface area contributed by atoms with Crippen LogP contribution in [0.4, 0.5) is 5.69 Å². The standard InChI is InChI=1S/C19H25N3O2.ClH/c1-13(2)17-12-21-19(24-17)15-4-6-16(7-5-15)22-18(23)8-3-14-9-10-20-11-14;/h4-7,12-14,20H,3,8-11H2,1-2H3,(H,22,23);1H. The van der Waals surface area contributed by atoms with Crippen LogP contribution in [-0.4, -0.2) is 24.0 Å². The van der Waals surface area contributed by atoms with Crippen molar-refractivity contribution in [3.05, 3.63) is 36.2 Å². The van der Waals surface area contributed by atoms with Crippen LogP contribution in [0.5, 0.6) is 0 Å². The second kappa shape index (κ2) is 9.02. The van der Waals surface area contributed by atoms with Gasteiger partial charge < -0.3 is 15.1 Å². The fraction of sp³-hybridized carbons (Fsp3) is 0.474. The number of halogens is 1. The summed E-state index contributed by atoms with van der Waals surface area (Å²) in [5.74, 6) is 2.53. The number of hydrogen-bond acceptors (Lipinski definition) is 4. The molecule has 2 aromatic rings. The third kappa shape index (κ3) is 5.31. The highest BCUT2D eigenvalue weighted by Crippen LogP contribution is 2.24. The van der Waals surface area contributed by atoms with Crippen LogP contribution in [0.15, 0.2) is 34.9 Å². The molecule has 5 nitrogen and oxygen atoms in total. The summed E-state index contributed by atoms with van der Waals surface area (Å²) in [5, 5.41) is 6.29. The number of carbonyl (C=O) groups is 1. The fourth-order valence-electron chi connectivity index (χ4n) is 2.90. The van der Waals surface area contributed by atoms with Crippen molar-refractivity contribution < 1.29 is 9.21 Å². The van der Waals surface area contributed by atoms with E-state index in [1.54, 1.807) is 6.20 Å². The van der Waals surface area contributed by atoms with Crippen LogP contribution in [0, 0.1) is 5.92 Å². The molecule has 1 fully saturated rings. The summed E-state index contributed by atoms with van der Waals surface area (Å²) in [5.41, 5.74) is 1.72. The van der Waals surface area contributed by atoms with Gasteiger partial charge in [0, 0.05) is 23.6 Å². The number of rotatable bonds is 6. The number of amides is 1. The molecule has 0 bridgehead atoms. The van der Waals surface area contributed by atoms with Crippen molar-refractivity contribution in [2.24, 2.45) is 5.92 Å².